The van der Waals surface area contributed by atoms with E-state index >= 15 is 0 Å². The van der Waals surface area contributed by atoms with E-state index in [1.165, 1.54) is 18.4 Å². The third-order valence-corrected chi connectivity index (χ3v) is 4.72. The molecule has 124 valence electrons. The van der Waals surface area contributed by atoms with Crippen LogP contribution in [0.4, 0.5) is 0 Å². The molecule has 22 heavy (non-hydrogen) atoms. The number of nitrogens with two attached hydrogens (primary N) is 1. The van der Waals surface area contributed by atoms with E-state index < -0.39 is 5.54 Å². The fraction of sp³-hybridized carbons (Fsp3) is 0.643. The van der Waals surface area contributed by atoms with Gasteiger partial charge in [-0.3, -0.25) is 4.79 Å². The summed E-state index contributed by atoms with van der Waals surface area (Å²) in [6.45, 7) is 0.306. The van der Waals surface area contributed by atoms with Gasteiger partial charge in [-0.2, -0.15) is 0 Å². The van der Waals surface area contributed by atoms with E-state index in [0.29, 0.717) is 30.1 Å². The number of nitrogens with zero attached hydrogens (tertiary/aromatic N) is 1. The van der Waals surface area contributed by atoms with E-state index in [4.69, 9.17) is 10.5 Å². The average molecular weight is 348 g/mol. The number of hydrogen-bond acceptors (Lipinski definition) is 6. The summed E-state index contributed by atoms with van der Waals surface area (Å²) in [5.41, 5.74) is 4.90. The summed E-state index contributed by atoms with van der Waals surface area (Å²) >= 11 is 1.34. The number of esters is 1. The Hall–Kier alpha value is -1.18. The standard InChI is InChI=1S/C14H21N3O3S.ClH/c1-20-13(19)14(6-4-2-3-5-7-14)17-12(18)10-9-21-11(8-15)16-10;/h9H,2-8,15H2,1H3,(H,17,18);1H. The van der Waals surface area contributed by atoms with Gasteiger partial charge in [-0.05, 0) is 12.8 Å². The highest BCUT2D eigenvalue weighted by atomic mass is 35.5. The molecule has 0 saturated heterocycles. The van der Waals surface area contributed by atoms with E-state index in [0.717, 1.165) is 25.7 Å². The fourth-order valence-electron chi connectivity index (χ4n) is 2.70. The molecule has 0 bridgehead atoms. The van der Waals surface area contributed by atoms with E-state index in [-0.39, 0.29) is 24.3 Å². The normalized spacial score (nSPS) is 17.0. The van der Waals surface area contributed by atoms with Crippen LogP contribution in [0.2, 0.25) is 0 Å². The third kappa shape index (κ3) is 4.18. The van der Waals surface area contributed by atoms with Crippen molar-refractivity contribution in [1.29, 1.82) is 0 Å². The second kappa shape index (κ2) is 8.45. The van der Waals surface area contributed by atoms with Crippen LogP contribution >= 0.6 is 23.7 Å². The molecule has 1 aromatic rings. The summed E-state index contributed by atoms with van der Waals surface area (Å²) in [5, 5.41) is 5.23. The highest BCUT2D eigenvalue weighted by molar-refractivity contribution is 7.09. The van der Waals surface area contributed by atoms with Crippen LogP contribution in [0.25, 0.3) is 0 Å². The van der Waals surface area contributed by atoms with Crippen LogP contribution in [-0.2, 0) is 16.1 Å². The maximum Gasteiger partial charge on any atom is 0.331 e. The first-order valence-electron chi connectivity index (χ1n) is 7.17. The number of amides is 1. The van der Waals surface area contributed by atoms with Crippen LogP contribution < -0.4 is 11.1 Å². The molecule has 0 atom stereocenters. The SMILES string of the molecule is COC(=O)C1(NC(=O)c2csc(CN)n2)CCCCCC1.Cl. The number of methoxy groups -OCH3 is 1. The Labute approximate surface area is 140 Å². The number of aromatic nitrogens is 1. The van der Waals surface area contributed by atoms with Crippen molar-refractivity contribution >= 4 is 35.6 Å². The molecular weight excluding hydrogens is 326 g/mol. The van der Waals surface area contributed by atoms with E-state index in [1.54, 1.807) is 5.38 Å². The quantitative estimate of drug-likeness (QED) is 0.642. The first-order chi connectivity index (χ1) is 10.1. The predicted molar refractivity (Wildman–Crippen MR) is 87.2 cm³/mol. The minimum Gasteiger partial charge on any atom is -0.467 e. The zero-order valence-corrected chi connectivity index (χ0v) is 14.2. The van der Waals surface area contributed by atoms with Crippen LogP contribution in [0.1, 0.15) is 54.0 Å². The van der Waals surface area contributed by atoms with Crippen molar-refractivity contribution in [2.45, 2.75) is 50.6 Å². The minimum absolute atomic E-state index is 0. The largest absolute Gasteiger partial charge is 0.467 e. The molecular formula is C14H22ClN3O3S. The summed E-state index contributed by atoms with van der Waals surface area (Å²) in [6, 6.07) is 0. The van der Waals surface area contributed by atoms with Crippen molar-refractivity contribution in [2.24, 2.45) is 5.73 Å². The van der Waals surface area contributed by atoms with Crippen LogP contribution in [0.5, 0.6) is 0 Å². The number of hydrogen-bond donors (Lipinski definition) is 2. The first kappa shape index (κ1) is 18.9. The molecule has 2 rings (SSSR count). The molecule has 1 aliphatic carbocycles. The summed E-state index contributed by atoms with van der Waals surface area (Å²) in [5.74, 6) is -0.703. The summed E-state index contributed by atoms with van der Waals surface area (Å²) < 4.78 is 4.92. The molecule has 8 heteroatoms. The smallest absolute Gasteiger partial charge is 0.331 e. The van der Waals surface area contributed by atoms with Crippen molar-refractivity contribution < 1.29 is 14.3 Å². The molecule has 0 aromatic carbocycles. The lowest BCUT2D eigenvalue weighted by molar-refractivity contribution is -0.148. The zero-order valence-electron chi connectivity index (χ0n) is 12.6. The minimum atomic E-state index is -0.922. The topological polar surface area (TPSA) is 94.3 Å². The number of halogens is 1. The highest BCUT2D eigenvalue weighted by Crippen LogP contribution is 2.29. The molecule has 3 N–H and O–H groups in total. The monoisotopic (exact) mass is 347 g/mol. The average Bonchev–Trinajstić information content (AvgIpc) is 2.87. The Morgan fingerprint density at radius 1 is 1.36 bits per heavy atom. The molecule has 1 fully saturated rings. The summed E-state index contributed by atoms with van der Waals surface area (Å²) in [4.78, 5) is 28.7. The van der Waals surface area contributed by atoms with Crippen LogP contribution in [0.15, 0.2) is 5.38 Å². The van der Waals surface area contributed by atoms with Gasteiger partial charge in [0.1, 0.15) is 16.2 Å². The number of carbonyl (C=O) groups excluding carboxylic acids is 2. The summed E-state index contributed by atoms with van der Waals surface area (Å²) in [6.07, 6.45) is 5.17. The molecule has 0 aliphatic heterocycles. The van der Waals surface area contributed by atoms with Crippen molar-refractivity contribution in [2.75, 3.05) is 7.11 Å². The van der Waals surface area contributed by atoms with Gasteiger partial charge >= 0.3 is 5.97 Å². The van der Waals surface area contributed by atoms with Crippen LogP contribution in [0, 0.1) is 0 Å². The molecule has 1 amide bonds. The number of thiazole rings is 1. The maximum atomic E-state index is 12.4. The van der Waals surface area contributed by atoms with Gasteiger partial charge in [0.25, 0.3) is 5.91 Å². The van der Waals surface area contributed by atoms with E-state index in [9.17, 15) is 9.59 Å². The van der Waals surface area contributed by atoms with Gasteiger partial charge in [0.05, 0.1) is 7.11 Å². The lowest BCUT2D eigenvalue weighted by Gasteiger charge is -2.30. The summed E-state index contributed by atoms with van der Waals surface area (Å²) in [7, 11) is 1.36. The second-order valence-electron chi connectivity index (χ2n) is 5.27. The van der Waals surface area contributed by atoms with Gasteiger partial charge in [0.2, 0.25) is 0 Å². The molecule has 1 heterocycles. The van der Waals surface area contributed by atoms with Crippen LogP contribution in [-0.4, -0.2) is 29.5 Å². The Kier molecular flexibility index (Phi) is 7.25. The van der Waals surface area contributed by atoms with E-state index in [2.05, 4.69) is 10.3 Å². The van der Waals surface area contributed by atoms with Gasteiger partial charge < -0.3 is 15.8 Å². The van der Waals surface area contributed by atoms with Crippen LogP contribution in [0.3, 0.4) is 0 Å². The molecule has 6 nitrogen and oxygen atoms in total. The maximum absolute atomic E-state index is 12.4. The van der Waals surface area contributed by atoms with Gasteiger partial charge in [-0.25, -0.2) is 9.78 Å². The molecule has 1 aromatic heterocycles. The Bertz CT molecular complexity index is 513. The van der Waals surface area contributed by atoms with Gasteiger partial charge in [-0.1, -0.05) is 25.7 Å². The molecule has 1 saturated carbocycles. The fourth-order valence-corrected chi connectivity index (χ4v) is 3.35. The second-order valence-corrected chi connectivity index (χ2v) is 6.22. The first-order valence-corrected chi connectivity index (χ1v) is 8.04. The number of rotatable bonds is 4. The zero-order chi connectivity index (χ0) is 15.3. The Balaban J connectivity index is 0.00000242. The molecule has 0 radical (unpaired) electrons. The number of carbonyl (C=O) groups is 2. The molecule has 1 aliphatic rings. The Morgan fingerprint density at radius 2 is 2.00 bits per heavy atom. The number of ether oxygens (including phenoxy) is 1. The van der Waals surface area contributed by atoms with Crippen molar-refractivity contribution in [1.82, 2.24) is 10.3 Å². The molecule has 0 spiro atoms. The van der Waals surface area contributed by atoms with Gasteiger partial charge in [0, 0.05) is 11.9 Å². The molecule has 0 unspecified atom stereocenters. The van der Waals surface area contributed by atoms with E-state index in [1.807, 2.05) is 0 Å². The predicted octanol–water partition coefficient (Wildman–Crippen LogP) is 2.02. The van der Waals surface area contributed by atoms with Gasteiger partial charge in [-0.15, -0.1) is 23.7 Å². The number of nitrogens with one attached hydrogen (secondary N) is 1. The van der Waals surface area contributed by atoms with Crippen molar-refractivity contribution in [3.05, 3.63) is 16.1 Å². The van der Waals surface area contributed by atoms with Crippen molar-refractivity contribution in [3.63, 3.8) is 0 Å². The Morgan fingerprint density at radius 3 is 2.50 bits per heavy atom. The lowest BCUT2D eigenvalue weighted by Crippen LogP contribution is -2.54. The lowest BCUT2D eigenvalue weighted by atomic mass is 9.90. The highest BCUT2D eigenvalue weighted by Gasteiger charge is 2.41. The van der Waals surface area contributed by atoms with Crippen molar-refractivity contribution in [3.8, 4) is 0 Å². The van der Waals surface area contributed by atoms with Gasteiger partial charge in [0.15, 0.2) is 0 Å². The third-order valence-electron chi connectivity index (χ3n) is 3.85.